The third kappa shape index (κ3) is 3.72. The lowest BCUT2D eigenvalue weighted by Gasteiger charge is -2.09. The molecule has 0 bridgehead atoms. The van der Waals surface area contributed by atoms with Crippen molar-refractivity contribution >= 4 is 21.2 Å². The summed E-state index contributed by atoms with van der Waals surface area (Å²) in [5.41, 5.74) is -1.42. The van der Waals surface area contributed by atoms with Gasteiger partial charge in [-0.1, -0.05) is 13.8 Å². The number of hydrogen-bond donors (Lipinski definition) is 1. The zero-order valence-corrected chi connectivity index (χ0v) is 12.0. The predicted octanol–water partition coefficient (Wildman–Crippen LogP) is 3.42. The van der Waals surface area contributed by atoms with Gasteiger partial charge < -0.3 is 0 Å². The van der Waals surface area contributed by atoms with Crippen LogP contribution in [-0.2, 0) is 9.84 Å². The van der Waals surface area contributed by atoms with Gasteiger partial charge >= 0.3 is 5.51 Å². The van der Waals surface area contributed by atoms with E-state index in [1.54, 1.807) is 6.92 Å². The Balaban J connectivity index is 2.94. The molecule has 0 radical (unpaired) electrons. The number of sulfone groups is 1. The van der Waals surface area contributed by atoms with Crippen LogP contribution < -0.4 is 5.43 Å². The van der Waals surface area contributed by atoms with E-state index in [4.69, 9.17) is 0 Å². The molecule has 8 heteroatoms. The molecule has 0 aromatic heterocycles. The Hall–Kier alpha value is -1.57. The highest BCUT2D eigenvalue weighted by Crippen LogP contribution is 2.30. The molecule has 0 spiro atoms. The Labute approximate surface area is 115 Å². The molecule has 0 aliphatic rings. The van der Waals surface area contributed by atoms with Crippen molar-refractivity contribution in [3.8, 4) is 0 Å². The Bertz CT molecular complexity index is 590. The molecule has 0 amide bonds. The summed E-state index contributed by atoms with van der Waals surface area (Å²) >= 11 is 0. The van der Waals surface area contributed by atoms with Crippen LogP contribution in [0.25, 0.3) is 0 Å². The Morgan fingerprint density at radius 3 is 2.10 bits per heavy atom. The molecular formula is C12H15F3N2O2S. The first kappa shape index (κ1) is 16.5. The molecule has 0 saturated carbocycles. The number of hydrogen-bond acceptors (Lipinski definition) is 4. The van der Waals surface area contributed by atoms with E-state index in [2.05, 4.69) is 10.5 Å². The highest BCUT2D eigenvalue weighted by molar-refractivity contribution is 7.92. The molecule has 1 aromatic rings. The third-order valence-electron chi connectivity index (χ3n) is 2.67. The lowest BCUT2D eigenvalue weighted by molar-refractivity contribution is -0.0436. The largest absolute Gasteiger partial charge is 0.501 e. The number of nitrogens with one attached hydrogen (secondary N) is 1. The van der Waals surface area contributed by atoms with E-state index in [1.165, 1.54) is 12.1 Å². The van der Waals surface area contributed by atoms with Gasteiger partial charge in [-0.3, -0.25) is 5.43 Å². The molecule has 112 valence electrons. The lowest BCUT2D eigenvalue weighted by atomic mass is 10.1. The minimum atomic E-state index is -5.30. The van der Waals surface area contributed by atoms with E-state index >= 15 is 0 Å². The fourth-order valence-corrected chi connectivity index (χ4v) is 1.89. The number of halogens is 3. The normalized spacial score (nSPS) is 13.7. The molecule has 0 saturated heterocycles. The summed E-state index contributed by atoms with van der Waals surface area (Å²) in [6.07, 6.45) is 0. The van der Waals surface area contributed by atoms with E-state index in [0.717, 1.165) is 17.8 Å². The number of anilines is 1. The van der Waals surface area contributed by atoms with Gasteiger partial charge in [0.1, 0.15) is 0 Å². The van der Waals surface area contributed by atoms with Crippen molar-refractivity contribution in [1.29, 1.82) is 0 Å². The van der Waals surface area contributed by atoms with Gasteiger partial charge in [0.25, 0.3) is 9.84 Å². The van der Waals surface area contributed by atoms with Crippen LogP contribution >= 0.6 is 0 Å². The van der Waals surface area contributed by atoms with E-state index in [-0.39, 0.29) is 5.92 Å². The minimum Gasteiger partial charge on any atom is -0.279 e. The van der Waals surface area contributed by atoms with Gasteiger partial charge in [-0.2, -0.15) is 18.3 Å². The first-order valence-corrected chi connectivity index (χ1v) is 7.25. The van der Waals surface area contributed by atoms with E-state index in [0.29, 0.717) is 5.69 Å². The molecule has 4 nitrogen and oxygen atoms in total. The zero-order valence-electron chi connectivity index (χ0n) is 11.2. The van der Waals surface area contributed by atoms with Gasteiger partial charge in [0.2, 0.25) is 0 Å². The van der Waals surface area contributed by atoms with Crippen molar-refractivity contribution in [1.82, 2.24) is 0 Å². The SMILES string of the molecule is C/C(=N/Nc1ccc(S(=O)(=O)C(F)(F)F)cc1)C(C)C. The summed E-state index contributed by atoms with van der Waals surface area (Å²) < 4.78 is 59.3. The van der Waals surface area contributed by atoms with Gasteiger partial charge in [-0.15, -0.1) is 0 Å². The minimum absolute atomic E-state index is 0.229. The van der Waals surface area contributed by atoms with Crippen LogP contribution in [0.2, 0.25) is 0 Å². The molecule has 0 unspecified atom stereocenters. The summed E-state index contributed by atoms with van der Waals surface area (Å²) in [7, 11) is -5.30. The highest BCUT2D eigenvalue weighted by atomic mass is 32.2. The van der Waals surface area contributed by atoms with Crippen LogP contribution in [0.1, 0.15) is 20.8 Å². The molecule has 0 atom stereocenters. The monoisotopic (exact) mass is 308 g/mol. The topological polar surface area (TPSA) is 58.5 Å². The Kier molecular flexibility index (Phi) is 4.80. The molecule has 20 heavy (non-hydrogen) atoms. The molecule has 0 heterocycles. The second-order valence-corrected chi connectivity index (χ2v) is 6.43. The van der Waals surface area contributed by atoms with Crippen LogP contribution in [0.3, 0.4) is 0 Å². The van der Waals surface area contributed by atoms with Crippen molar-refractivity contribution in [2.45, 2.75) is 31.2 Å². The van der Waals surface area contributed by atoms with Crippen LogP contribution in [0.15, 0.2) is 34.3 Å². The van der Waals surface area contributed by atoms with Crippen molar-refractivity contribution < 1.29 is 21.6 Å². The standard InChI is InChI=1S/C12H15F3N2O2S/c1-8(2)9(3)16-17-10-4-6-11(7-5-10)20(18,19)12(13,14)15/h4-8,17H,1-3H3/b16-9-. The van der Waals surface area contributed by atoms with Gasteiger partial charge in [0, 0.05) is 5.71 Å². The van der Waals surface area contributed by atoms with Crippen LogP contribution in [0.4, 0.5) is 18.9 Å². The average Bonchev–Trinajstić information content (AvgIpc) is 2.34. The maximum absolute atomic E-state index is 12.3. The quantitative estimate of drug-likeness (QED) is 0.685. The predicted molar refractivity (Wildman–Crippen MR) is 71.3 cm³/mol. The van der Waals surface area contributed by atoms with Gasteiger partial charge in [0.15, 0.2) is 0 Å². The fourth-order valence-electron chi connectivity index (χ4n) is 1.12. The Morgan fingerprint density at radius 1 is 1.20 bits per heavy atom. The second-order valence-electron chi connectivity index (χ2n) is 4.49. The van der Waals surface area contributed by atoms with Crippen molar-refractivity contribution in [3.63, 3.8) is 0 Å². The number of hydrazone groups is 1. The summed E-state index contributed by atoms with van der Waals surface area (Å²) in [4.78, 5) is -0.792. The molecule has 1 aromatic carbocycles. The first-order valence-electron chi connectivity index (χ1n) is 5.77. The third-order valence-corrected chi connectivity index (χ3v) is 4.17. The first-order chi connectivity index (χ1) is 9.05. The lowest BCUT2D eigenvalue weighted by Crippen LogP contribution is -2.23. The number of rotatable bonds is 4. The van der Waals surface area contributed by atoms with Crippen LogP contribution in [0, 0.1) is 5.92 Å². The fraction of sp³-hybridized carbons (Fsp3) is 0.417. The van der Waals surface area contributed by atoms with E-state index in [9.17, 15) is 21.6 Å². The summed E-state index contributed by atoms with van der Waals surface area (Å²) in [5.74, 6) is 0.229. The maximum Gasteiger partial charge on any atom is 0.501 e. The summed E-state index contributed by atoms with van der Waals surface area (Å²) in [5, 5.41) is 4.03. The average molecular weight is 308 g/mol. The molecule has 1 N–H and O–H groups in total. The molecular weight excluding hydrogens is 293 g/mol. The van der Waals surface area contributed by atoms with Crippen molar-refractivity contribution in [2.75, 3.05) is 5.43 Å². The molecule has 0 aliphatic carbocycles. The molecule has 0 aliphatic heterocycles. The summed E-state index contributed by atoms with van der Waals surface area (Å²) in [6, 6.07) is 4.25. The van der Waals surface area contributed by atoms with Crippen LogP contribution in [-0.4, -0.2) is 19.6 Å². The molecule has 1 rings (SSSR count). The Morgan fingerprint density at radius 2 is 1.70 bits per heavy atom. The van der Waals surface area contributed by atoms with Gasteiger partial charge in [-0.25, -0.2) is 8.42 Å². The maximum atomic E-state index is 12.3. The van der Waals surface area contributed by atoms with Crippen molar-refractivity contribution in [3.05, 3.63) is 24.3 Å². The zero-order chi connectivity index (χ0) is 15.6. The van der Waals surface area contributed by atoms with Gasteiger partial charge in [-0.05, 0) is 37.1 Å². The number of nitrogens with zero attached hydrogens (tertiary/aromatic N) is 1. The van der Waals surface area contributed by atoms with E-state index < -0.39 is 20.2 Å². The molecule has 0 fully saturated rings. The smallest absolute Gasteiger partial charge is 0.279 e. The second kappa shape index (κ2) is 5.82. The van der Waals surface area contributed by atoms with Crippen molar-refractivity contribution in [2.24, 2.45) is 11.0 Å². The summed E-state index contributed by atoms with van der Waals surface area (Å²) in [6.45, 7) is 5.69. The highest BCUT2D eigenvalue weighted by Gasteiger charge is 2.46. The van der Waals surface area contributed by atoms with E-state index in [1.807, 2.05) is 13.8 Å². The van der Waals surface area contributed by atoms with Gasteiger partial charge in [0.05, 0.1) is 10.6 Å². The number of benzene rings is 1. The number of alkyl halides is 3. The van der Waals surface area contributed by atoms with Crippen LogP contribution in [0.5, 0.6) is 0 Å².